The molecule has 1 amide bonds. The molecular formula is C18H26N4O2S2. The first-order chi connectivity index (χ1) is 12.6. The molecule has 2 aromatic heterocycles. The Balaban J connectivity index is 2.26. The number of pyridine rings is 1. The minimum atomic E-state index is -0.0632. The number of amides is 1. The second-order valence-electron chi connectivity index (χ2n) is 5.92. The van der Waals surface area contributed by atoms with Crippen molar-refractivity contribution in [2.24, 2.45) is 5.92 Å². The van der Waals surface area contributed by atoms with E-state index in [-0.39, 0.29) is 11.8 Å². The predicted octanol–water partition coefficient (Wildman–Crippen LogP) is 3.24. The number of aromatic nitrogens is 3. The van der Waals surface area contributed by atoms with Crippen molar-refractivity contribution < 1.29 is 9.53 Å². The van der Waals surface area contributed by atoms with E-state index in [2.05, 4.69) is 10.1 Å². The lowest BCUT2D eigenvalue weighted by Gasteiger charge is -2.25. The van der Waals surface area contributed by atoms with Crippen molar-refractivity contribution in [2.45, 2.75) is 13.8 Å². The van der Waals surface area contributed by atoms with Gasteiger partial charge in [-0.25, -0.2) is 4.68 Å². The van der Waals surface area contributed by atoms with Gasteiger partial charge in [-0.15, -0.1) is 11.8 Å². The van der Waals surface area contributed by atoms with Gasteiger partial charge in [-0.1, -0.05) is 6.92 Å². The minimum Gasteiger partial charge on any atom is -0.369 e. The van der Waals surface area contributed by atoms with Gasteiger partial charge in [0.1, 0.15) is 0 Å². The third-order valence-corrected chi connectivity index (χ3v) is 5.07. The fraction of sp³-hybridized carbons (Fsp3) is 0.500. The van der Waals surface area contributed by atoms with Crippen molar-refractivity contribution in [3.63, 3.8) is 0 Å². The van der Waals surface area contributed by atoms with Gasteiger partial charge in [0, 0.05) is 24.4 Å². The van der Waals surface area contributed by atoms with Gasteiger partial charge in [0.15, 0.2) is 0 Å². The van der Waals surface area contributed by atoms with Crippen LogP contribution >= 0.6 is 23.5 Å². The summed E-state index contributed by atoms with van der Waals surface area (Å²) in [6.07, 6.45) is 9.38. The number of thioether (sulfide) groups is 2. The number of rotatable bonds is 10. The van der Waals surface area contributed by atoms with Gasteiger partial charge in [0.05, 0.1) is 42.0 Å². The van der Waals surface area contributed by atoms with Crippen LogP contribution in [0.2, 0.25) is 0 Å². The number of hydrogen-bond donors (Lipinski definition) is 0. The molecular weight excluding hydrogens is 368 g/mol. The summed E-state index contributed by atoms with van der Waals surface area (Å²) in [5.74, 6) is 1.44. The number of nitrogens with zero attached hydrogens (tertiary/aromatic N) is 4. The van der Waals surface area contributed by atoms with E-state index >= 15 is 0 Å². The van der Waals surface area contributed by atoms with E-state index in [1.165, 1.54) is 0 Å². The van der Waals surface area contributed by atoms with Crippen LogP contribution in [0.3, 0.4) is 0 Å². The van der Waals surface area contributed by atoms with E-state index in [0.29, 0.717) is 19.1 Å². The summed E-state index contributed by atoms with van der Waals surface area (Å²) in [5, 5.41) is 4.57. The maximum absolute atomic E-state index is 13.0. The van der Waals surface area contributed by atoms with Crippen molar-refractivity contribution in [3.05, 3.63) is 36.4 Å². The smallest absolute Gasteiger partial charge is 0.230 e. The number of anilines is 1. The lowest BCUT2D eigenvalue weighted by atomic mass is 10.1. The lowest BCUT2D eigenvalue weighted by Crippen LogP contribution is -2.38. The number of carbonyl (C=O) groups excluding carboxylic acids is 1. The SMILES string of the molecule is CSCOCCN(C(=O)C(C)CSC)c1cn(-c2cccnc2)nc1C. The highest BCUT2D eigenvalue weighted by Gasteiger charge is 2.24. The van der Waals surface area contributed by atoms with Crippen LogP contribution in [-0.4, -0.2) is 58.0 Å². The second-order valence-corrected chi connectivity index (χ2v) is 7.64. The molecule has 2 aromatic rings. The van der Waals surface area contributed by atoms with Gasteiger partial charge in [-0.05, 0) is 31.6 Å². The average molecular weight is 395 g/mol. The molecule has 0 saturated carbocycles. The Morgan fingerprint density at radius 2 is 2.19 bits per heavy atom. The van der Waals surface area contributed by atoms with Crippen LogP contribution in [0.4, 0.5) is 5.69 Å². The van der Waals surface area contributed by atoms with E-state index in [0.717, 1.165) is 22.8 Å². The van der Waals surface area contributed by atoms with Gasteiger partial charge in [-0.3, -0.25) is 9.78 Å². The number of hydrogen-bond acceptors (Lipinski definition) is 6. The molecule has 8 heteroatoms. The summed E-state index contributed by atoms with van der Waals surface area (Å²) in [6, 6.07) is 3.80. The Bertz CT molecular complexity index is 694. The zero-order valence-corrected chi connectivity index (χ0v) is 17.3. The molecule has 0 radical (unpaired) electrons. The van der Waals surface area contributed by atoms with Crippen LogP contribution in [0.15, 0.2) is 30.7 Å². The maximum Gasteiger partial charge on any atom is 0.230 e. The molecule has 0 fully saturated rings. The molecule has 2 heterocycles. The summed E-state index contributed by atoms with van der Waals surface area (Å²) in [7, 11) is 0. The fourth-order valence-corrected chi connectivity index (χ4v) is 3.50. The van der Waals surface area contributed by atoms with Crippen LogP contribution in [0.25, 0.3) is 5.69 Å². The Kier molecular flexibility index (Phi) is 8.47. The molecule has 0 bridgehead atoms. The van der Waals surface area contributed by atoms with Gasteiger partial charge >= 0.3 is 0 Å². The molecule has 0 aliphatic rings. The van der Waals surface area contributed by atoms with E-state index in [4.69, 9.17) is 4.74 Å². The molecule has 26 heavy (non-hydrogen) atoms. The molecule has 0 saturated heterocycles. The number of ether oxygens (including phenoxy) is 1. The molecule has 142 valence electrons. The summed E-state index contributed by atoms with van der Waals surface area (Å²) in [5.41, 5.74) is 2.49. The molecule has 0 aliphatic heterocycles. The quantitative estimate of drug-likeness (QED) is 0.455. The first kappa shape index (κ1) is 20.8. The first-order valence-electron chi connectivity index (χ1n) is 8.42. The Morgan fingerprint density at radius 3 is 2.85 bits per heavy atom. The van der Waals surface area contributed by atoms with E-state index in [9.17, 15) is 4.79 Å². The normalized spacial score (nSPS) is 12.2. The van der Waals surface area contributed by atoms with Crippen molar-refractivity contribution in [1.82, 2.24) is 14.8 Å². The molecule has 0 spiro atoms. The highest BCUT2D eigenvalue weighted by molar-refractivity contribution is 7.98. The highest BCUT2D eigenvalue weighted by atomic mass is 32.2. The first-order valence-corrected chi connectivity index (χ1v) is 11.2. The van der Waals surface area contributed by atoms with Gasteiger partial charge in [0.25, 0.3) is 0 Å². The van der Waals surface area contributed by atoms with Crippen LogP contribution in [0, 0.1) is 12.8 Å². The molecule has 1 atom stereocenters. The Labute approximate surface area is 163 Å². The summed E-state index contributed by atoms with van der Waals surface area (Å²) < 4.78 is 7.35. The van der Waals surface area contributed by atoms with Crippen LogP contribution in [-0.2, 0) is 9.53 Å². The van der Waals surface area contributed by atoms with Crippen molar-refractivity contribution in [2.75, 3.05) is 42.3 Å². The molecule has 0 aromatic carbocycles. The minimum absolute atomic E-state index is 0.0632. The zero-order chi connectivity index (χ0) is 18.9. The standard InChI is InChI=1S/C18H26N4O2S2/c1-14(12-25-3)18(23)21(8-9-24-13-26-4)17-11-22(20-15(17)2)16-6-5-7-19-10-16/h5-7,10-11,14H,8-9,12-13H2,1-4H3. The second kappa shape index (κ2) is 10.6. The largest absolute Gasteiger partial charge is 0.369 e. The zero-order valence-electron chi connectivity index (χ0n) is 15.7. The van der Waals surface area contributed by atoms with Gasteiger partial charge < -0.3 is 9.64 Å². The third-order valence-electron chi connectivity index (χ3n) is 3.84. The molecule has 1 unspecified atom stereocenters. The van der Waals surface area contributed by atoms with Crippen LogP contribution < -0.4 is 4.90 Å². The average Bonchev–Trinajstić information content (AvgIpc) is 3.04. The summed E-state index contributed by atoms with van der Waals surface area (Å²) in [6.45, 7) is 4.90. The van der Waals surface area contributed by atoms with Gasteiger partial charge in [0.2, 0.25) is 5.91 Å². The van der Waals surface area contributed by atoms with Crippen molar-refractivity contribution in [1.29, 1.82) is 0 Å². The highest BCUT2D eigenvalue weighted by Crippen LogP contribution is 2.23. The lowest BCUT2D eigenvalue weighted by molar-refractivity contribution is -0.121. The van der Waals surface area contributed by atoms with Crippen LogP contribution in [0.5, 0.6) is 0 Å². The third kappa shape index (κ3) is 5.49. The van der Waals surface area contributed by atoms with E-state index < -0.39 is 0 Å². The Hall–Kier alpha value is -1.51. The molecule has 0 N–H and O–H groups in total. The summed E-state index contributed by atoms with van der Waals surface area (Å²) in [4.78, 5) is 18.9. The Morgan fingerprint density at radius 1 is 1.38 bits per heavy atom. The van der Waals surface area contributed by atoms with Crippen LogP contribution in [0.1, 0.15) is 12.6 Å². The molecule has 6 nitrogen and oxygen atoms in total. The van der Waals surface area contributed by atoms with E-state index in [1.807, 2.05) is 44.7 Å². The van der Waals surface area contributed by atoms with E-state index in [1.54, 1.807) is 45.5 Å². The van der Waals surface area contributed by atoms with Crippen molar-refractivity contribution >= 4 is 35.1 Å². The van der Waals surface area contributed by atoms with Gasteiger partial charge in [-0.2, -0.15) is 16.9 Å². The van der Waals surface area contributed by atoms with Crippen molar-refractivity contribution in [3.8, 4) is 5.69 Å². The monoisotopic (exact) mass is 394 g/mol. The maximum atomic E-state index is 13.0. The summed E-state index contributed by atoms with van der Waals surface area (Å²) >= 11 is 3.30. The topological polar surface area (TPSA) is 60.2 Å². The molecule has 0 aliphatic carbocycles. The predicted molar refractivity (Wildman–Crippen MR) is 110 cm³/mol. The fourth-order valence-electron chi connectivity index (χ4n) is 2.57. The molecule has 2 rings (SSSR count). The number of carbonyl (C=O) groups is 1. The number of aryl methyl sites for hydroxylation is 1.